The van der Waals surface area contributed by atoms with Gasteiger partial charge in [-0.2, -0.15) is 0 Å². The molecule has 19 heavy (non-hydrogen) atoms. The summed E-state index contributed by atoms with van der Waals surface area (Å²) in [5, 5.41) is 0. The molecule has 2 unspecified atom stereocenters. The molecule has 0 aliphatic heterocycles. The quantitative estimate of drug-likeness (QED) is 0.254. The minimum absolute atomic E-state index is 0.561. The van der Waals surface area contributed by atoms with E-state index in [4.69, 9.17) is 10.6 Å². The Balaban J connectivity index is 2.41. The van der Waals surface area contributed by atoms with Gasteiger partial charge in [0.05, 0.1) is 0 Å². The summed E-state index contributed by atoms with van der Waals surface area (Å²) in [6, 6.07) is 0.561. The number of rotatable bonds is 6. The van der Waals surface area contributed by atoms with Crippen LogP contribution in [0.4, 0.5) is 0 Å². The van der Waals surface area contributed by atoms with Gasteiger partial charge in [-0.05, 0) is 32.1 Å². The predicted octanol–water partition coefficient (Wildman–Crippen LogP) is 1.74. The van der Waals surface area contributed by atoms with Crippen LogP contribution in [0.2, 0.25) is 0 Å². The first kappa shape index (κ1) is 16.2. The summed E-state index contributed by atoms with van der Waals surface area (Å²) in [5.41, 5.74) is 2.74. The Bertz CT molecular complexity index is 270. The van der Waals surface area contributed by atoms with Gasteiger partial charge in [0.2, 0.25) is 5.96 Å². The van der Waals surface area contributed by atoms with Gasteiger partial charge in [0, 0.05) is 32.8 Å². The van der Waals surface area contributed by atoms with E-state index in [1.54, 1.807) is 0 Å². The SMILES string of the molecule is CCOCCCN=C(NN)N(C)C1CCCC(C)C1. The van der Waals surface area contributed by atoms with Crippen LogP contribution in [0.1, 0.15) is 46.0 Å². The van der Waals surface area contributed by atoms with E-state index < -0.39 is 0 Å². The van der Waals surface area contributed by atoms with Crippen molar-refractivity contribution in [2.45, 2.75) is 52.0 Å². The number of ether oxygens (including phenoxy) is 1. The summed E-state index contributed by atoms with van der Waals surface area (Å²) in [5.74, 6) is 7.21. The maximum absolute atomic E-state index is 5.60. The van der Waals surface area contributed by atoms with Crippen LogP contribution in [0, 0.1) is 5.92 Å². The van der Waals surface area contributed by atoms with E-state index in [1.807, 2.05) is 6.92 Å². The molecule has 0 saturated heterocycles. The van der Waals surface area contributed by atoms with E-state index in [-0.39, 0.29) is 0 Å². The number of hydrogen-bond acceptors (Lipinski definition) is 3. The topological polar surface area (TPSA) is 62.9 Å². The fourth-order valence-corrected chi connectivity index (χ4v) is 2.68. The van der Waals surface area contributed by atoms with Crippen molar-refractivity contribution < 1.29 is 4.74 Å². The Labute approximate surface area is 117 Å². The zero-order chi connectivity index (χ0) is 14.1. The van der Waals surface area contributed by atoms with Crippen LogP contribution in [0.3, 0.4) is 0 Å². The Hall–Kier alpha value is -0.810. The summed E-state index contributed by atoms with van der Waals surface area (Å²) in [6.45, 7) is 6.63. The molecule has 0 radical (unpaired) electrons. The lowest BCUT2D eigenvalue weighted by molar-refractivity contribution is 0.146. The highest BCUT2D eigenvalue weighted by atomic mass is 16.5. The molecular weight excluding hydrogens is 240 g/mol. The van der Waals surface area contributed by atoms with Crippen molar-refractivity contribution in [1.82, 2.24) is 10.3 Å². The molecular formula is C14H30N4O. The van der Waals surface area contributed by atoms with Gasteiger partial charge in [0.25, 0.3) is 0 Å². The molecule has 0 amide bonds. The average Bonchev–Trinajstić information content (AvgIpc) is 2.42. The van der Waals surface area contributed by atoms with E-state index in [2.05, 4.69) is 29.3 Å². The van der Waals surface area contributed by atoms with Crippen LogP contribution in [-0.2, 0) is 4.74 Å². The monoisotopic (exact) mass is 270 g/mol. The molecule has 1 fully saturated rings. The molecule has 1 rings (SSSR count). The molecule has 3 N–H and O–H groups in total. The highest BCUT2D eigenvalue weighted by Gasteiger charge is 2.23. The van der Waals surface area contributed by atoms with Crippen LogP contribution < -0.4 is 11.3 Å². The summed E-state index contributed by atoms with van der Waals surface area (Å²) in [6.07, 6.45) is 6.06. The molecule has 5 nitrogen and oxygen atoms in total. The second kappa shape index (κ2) is 9.15. The fraction of sp³-hybridized carbons (Fsp3) is 0.929. The van der Waals surface area contributed by atoms with Crippen LogP contribution in [0.25, 0.3) is 0 Å². The molecule has 0 aromatic heterocycles. The van der Waals surface area contributed by atoms with Gasteiger partial charge in [0.1, 0.15) is 0 Å². The molecule has 2 atom stereocenters. The minimum atomic E-state index is 0.561. The van der Waals surface area contributed by atoms with Crippen LogP contribution in [0.5, 0.6) is 0 Å². The van der Waals surface area contributed by atoms with Crippen molar-refractivity contribution in [3.63, 3.8) is 0 Å². The Kier molecular flexibility index (Phi) is 7.82. The average molecular weight is 270 g/mol. The van der Waals surface area contributed by atoms with Crippen molar-refractivity contribution in [2.75, 3.05) is 26.8 Å². The van der Waals surface area contributed by atoms with Crippen LogP contribution >= 0.6 is 0 Å². The molecule has 0 aromatic rings. The van der Waals surface area contributed by atoms with Crippen molar-refractivity contribution in [3.8, 4) is 0 Å². The number of nitrogens with one attached hydrogen (secondary N) is 1. The molecule has 5 heteroatoms. The zero-order valence-corrected chi connectivity index (χ0v) is 12.7. The lowest BCUT2D eigenvalue weighted by Gasteiger charge is -2.35. The van der Waals surface area contributed by atoms with E-state index >= 15 is 0 Å². The number of hydrazine groups is 1. The van der Waals surface area contributed by atoms with E-state index in [1.165, 1.54) is 25.7 Å². The number of nitrogens with zero attached hydrogens (tertiary/aromatic N) is 2. The standard InChI is InChI=1S/C14H30N4O/c1-4-19-10-6-9-16-14(17-15)18(3)13-8-5-7-12(2)11-13/h12-13H,4-11,15H2,1-3H3,(H,16,17). The lowest BCUT2D eigenvalue weighted by atomic mass is 9.86. The number of guanidine groups is 1. The third-order valence-corrected chi connectivity index (χ3v) is 3.83. The largest absolute Gasteiger partial charge is 0.382 e. The Morgan fingerprint density at radius 1 is 1.47 bits per heavy atom. The van der Waals surface area contributed by atoms with E-state index in [0.29, 0.717) is 6.04 Å². The summed E-state index contributed by atoms with van der Waals surface area (Å²) in [7, 11) is 2.09. The first-order chi connectivity index (χ1) is 9.19. The van der Waals surface area contributed by atoms with Crippen molar-refractivity contribution in [3.05, 3.63) is 0 Å². The molecule has 0 bridgehead atoms. The van der Waals surface area contributed by atoms with Crippen LogP contribution in [-0.4, -0.2) is 43.7 Å². The van der Waals surface area contributed by atoms with Gasteiger partial charge in [-0.3, -0.25) is 10.4 Å². The highest BCUT2D eigenvalue weighted by Crippen LogP contribution is 2.26. The maximum Gasteiger partial charge on any atom is 0.208 e. The van der Waals surface area contributed by atoms with Crippen molar-refractivity contribution in [1.29, 1.82) is 0 Å². The van der Waals surface area contributed by atoms with Gasteiger partial charge < -0.3 is 9.64 Å². The first-order valence-electron chi connectivity index (χ1n) is 7.50. The Morgan fingerprint density at radius 2 is 2.26 bits per heavy atom. The second-order valence-electron chi connectivity index (χ2n) is 5.44. The van der Waals surface area contributed by atoms with E-state index in [0.717, 1.165) is 38.1 Å². The van der Waals surface area contributed by atoms with Crippen LogP contribution in [0.15, 0.2) is 4.99 Å². The minimum Gasteiger partial charge on any atom is -0.382 e. The molecule has 1 aliphatic rings. The van der Waals surface area contributed by atoms with E-state index in [9.17, 15) is 0 Å². The maximum atomic E-state index is 5.60. The summed E-state index contributed by atoms with van der Waals surface area (Å²) < 4.78 is 5.31. The molecule has 112 valence electrons. The van der Waals surface area contributed by atoms with Crippen molar-refractivity contribution in [2.24, 2.45) is 16.8 Å². The van der Waals surface area contributed by atoms with Gasteiger partial charge in [-0.1, -0.05) is 19.8 Å². The second-order valence-corrected chi connectivity index (χ2v) is 5.44. The lowest BCUT2D eigenvalue weighted by Crippen LogP contribution is -2.48. The van der Waals surface area contributed by atoms with Gasteiger partial charge >= 0.3 is 0 Å². The third kappa shape index (κ3) is 5.78. The third-order valence-electron chi connectivity index (χ3n) is 3.83. The number of hydrogen-bond donors (Lipinski definition) is 2. The first-order valence-corrected chi connectivity index (χ1v) is 7.50. The number of nitrogens with two attached hydrogens (primary N) is 1. The normalized spacial score (nSPS) is 24.3. The predicted molar refractivity (Wildman–Crippen MR) is 79.9 cm³/mol. The molecule has 0 heterocycles. The molecule has 0 spiro atoms. The Morgan fingerprint density at radius 3 is 2.89 bits per heavy atom. The highest BCUT2D eigenvalue weighted by molar-refractivity contribution is 5.79. The number of aliphatic imine (C=N–C) groups is 1. The summed E-state index contributed by atoms with van der Waals surface area (Å²) >= 11 is 0. The molecule has 1 saturated carbocycles. The zero-order valence-electron chi connectivity index (χ0n) is 12.7. The van der Waals surface area contributed by atoms with Crippen molar-refractivity contribution >= 4 is 5.96 Å². The smallest absolute Gasteiger partial charge is 0.208 e. The summed E-state index contributed by atoms with van der Waals surface area (Å²) in [4.78, 5) is 6.75. The molecule has 0 aromatic carbocycles. The molecule has 1 aliphatic carbocycles. The van der Waals surface area contributed by atoms with Gasteiger partial charge in [0.15, 0.2) is 0 Å². The van der Waals surface area contributed by atoms with Gasteiger partial charge in [-0.25, -0.2) is 5.84 Å². The van der Waals surface area contributed by atoms with Gasteiger partial charge in [-0.15, -0.1) is 0 Å². The fourth-order valence-electron chi connectivity index (χ4n) is 2.68.